The number of sulfonamides is 1. The summed E-state index contributed by atoms with van der Waals surface area (Å²) in [4.78, 5) is 17.7. The number of aromatic nitrogens is 1. The minimum atomic E-state index is -3.83. The van der Waals surface area contributed by atoms with Crippen LogP contribution in [0, 0.1) is 0 Å². The van der Waals surface area contributed by atoms with Gasteiger partial charge in [0.1, 0.15) is 11.3 Å². The zero-order valence-corrected chi connectivity index (χ0v) is 20.7. The maximum atomic E-state index is 12.8. The maximum Gasteiger partial charge on any atom is 0.261 e. The molecule has 1 amide bonds. The number of fused-ring (bicyclic) bond motifs is 1. The molecule has 176 valence electrons. The number of rotatable bonds is 9. The van der Waals surface area contributed by atoms with E-state index in [0.717, 1.165) is 22.3 Å². The van der Waals surface area contributed by atoms with Gasteiger partial charge in [-0.2, -0.15) is 0 Å². The summed E-state index contributed by atoms with van der Waals surface area (Å²) in [5.74, 6) is 0.527. The molecule has 0 bridgehead atoms. The van der Waals surface area contributed by atoms with Gasteiger partial charge in [0, 0.05) is 10.6 Å². The van der Waals surface area contributed by atoms with Gasteiger partial charge < -0.3 is 14.5 Å². The Morgan fingerprint density at radius 1 is 1.09 bits per heavy atom. The number of hydrogen-bond donors (Lipinski definition) is 2. The monoisotopic (exact) mass is 515 g/mol. The molecule has 0 aliphatic carbocycles. The fourth-order valence-corrected chi connectivity index (χ4v) is 5.32. The second-order valence-corrected chi connectivity index (χ2v) is 10.4. The van der Waals surface area contributed by atoms with E-state index < -0.39 is 10.0 Å². The number of carbonyl (C=O) groups excluding carboxylic acids is 1. The number of carbonyl (C=O) groups is 1. The molecule has 0 aliphatic rings. The molecule has 8 nitrogen and oxygen atoms in total. The first-order valence-electron chi connectivity index (χ1n) is 10.0. The number of oxazole rings is 1. The molecule has 0 saturated heterocycles. The SMILES string of the molecule is COc1ccc(NS(=O)(=O)c2ccc3oc(SCC(=O)Nc4ccccc4SC)nc3c2)cc1. The van der Waals surface area contributed by atoms with Crippen molar-refractivity contribution in [3.05, 3.63) is 66.7 Å². The third-order valence-corrected chi connectivity index (χ3v) is 7.70. The molecule has 11 heteroatoms. The van der Waals surface area contributed by atoms with Crippen molar-refractivity contribution in [2.75, 3.05) is 29.2 Å². The number of methoxy groups -OCH3 is 1. The summed E-state index contributed by atoms with van der Waals surface area (Å²) >= 11 is 2.68. The number of para-hydroxylation sites is 1. The maximum absolute atomic E-state index is 12.8. The van der Waals surface area contributed by atoms with Crippen LogP contribution in [0.2, 0.25) is 0 Å². The van der Waals surface area contributed by atoms with Crippen LogP contribution in [-0.2, 0) is 14.8 Å². The average molecular weight is 516 g/mol. The largest absolute Gasteiger partial charge is 0.497 e. The fourth-order valence-electron chi connectivity index (χ4n) is 3.05. The standard InChI is InChI=1S/C23H21N3O5S3/c1-30-16-9-7-15(8-10-16)26-34(28,29)17-11-12-20-19(13-17)25-23(31-20)33-14-22(27)24-18-5-3-4-6-21(18)32-2/h3-13,26H,14H2,1-2H3,(H,24,27). The number of anilines is 2. The van der Waals surface area contributed by atoms with Gasteiger partial charge in [-0.05, 0) is 60.9 Å². The van der Waals surface area contributed by atoms with Crippen LogP contribution in [0.25, 0.3) is 11.1 Å². The van der Waals surface area contributed by atoms with E-state index in [9.17, 15) is 13.2 Å². The Balaban J connectivity index is 1.43. The van der Waals surface area contributed by atoms with E-state index in [2.05, 4.69) is 15.0 Å². The lowest BCUT2D eigenvalue weighted by molar-refractivity contribution is -0.113. The van der Waals surface area contributed by atoms with Crippen molar-refractivity contribution in [1.82, 2.24) is 4.98 Å². The van der Waals surface area contributed by atoms with E-state index in [0.29, 0.717) is 22.5 Å². The zero-order chi connectivity index (χ0) is 24.1. The smallest absolute Gasteiger partial charge is 0.261 e. The zero-order valence-electron chi connectivity index (χ0n) is 18.3. The van der Waals surface area contributed by atoms with Crippen molar-refractivity contribution in [3.8, 4) is 5.75 Å². The first kappa shape index (κ1) is 24.0. The van der Waals surface area contributed by atoms with Crippen molar-refractivity contribution in [1.29, 1.82) is 0 Å². The van der Waals surface area contributed by atoms with Crippen LogP contribution in [0.15, 0.2) is 86.2 Å². The van der Waals surface area contributed by atoms with Crippen LogP contribution in [-0.4, -0.2) is 38.4 Å². The number of nitrogens with zero attached hydrogens (tertiary/aromatic N) is 1. The number of thioether (sulfide) groups is 2. The molecule has 0 unspecified atom stereocenters. The molecule has 0 fully saturated rings. The van der Waals surface area contributed by atoms with Crippen molar-refractivity contribution < 1.29 is 22.4 Å². The van der Waals surface area contributed by atoms with Gasteiger partial charge in [0.05, 0.1) is 23.4 Å². The lowest BCUT2D eigenvalue weighted by Gasteiger charge is -2.08. The van der Waals surface area contributed by atoms with Gasteiger partial charge in [-0.3, -0.25) is 9.52 Å². The average Bonchev–Trinajstić information content (AvgIpc) is 3.26. The lowest BCUT2D eigenvalue weighted by Crippen LogP contribution is -2.14. The Bertz CT molecular complexity index is 1420. The highest BCUT2D eigenvalue weighted by Crippen LogP contribution is 2.28. The lowest BCUT2D eigenvalue weighted by atomic mass is 10.3. The summed E-state index contributed by atoms with van der Waals surface area (Å²) in [6.07, 6.45) is 1.94. The van der Waals surface area contributed by atoms with Gasteiger partial charge in [0.2, 0.25) is 5.91 Å². The minimum Gasteiger partial charge on any atom is -0.497 e. The van der Waals surface area contributed by atoms with Crippen molar-refractivity contribution >= 4 is 61.9 Å². The topological polar surface area (TPSA) is 111 Å². The Morgan fingerprint density at radius 2 is 1.85 bits per heavy atom. The predicted molar refractivity (Wildman–Crippen MR) is 135 cm³/mol. The molecular formula is C23H21N3O5S3. The van der Waals surface area contributed by atoms with Gasteiger partial charge in [0.15, 0.2) is 5.58 Å². The van der Waals surface area contributed by atoms with Gasteiger partial charge >= 0.3 is 0 Å². The van der Waals surface area contributed by atoms with Crippen LogP contribution in [0.1, 0.15) is 0 Å². The summed E-state index contributed by atoms with van der Waals surface area (Å²) < 4.78 is 38.9. The van der Waals surface area contributed by atoms with Crippen LogP contribution < -0.4 is 14.8 Å². The van der Waals surface area contributed by atoms with E-state index in [-0.39, 0.29) is 21.8 Å². The minimum absolute atomic E-state index is 0.0482. The highest BCUT2D eigenvalue weighted by atomic mass is 32.2. The Hall–Kier alpha value is -3.15. The highest BCUT2D eigenvalue weighted by Gasteiger charge is 2.17. The van der Waals surface area contributed by atoms with Crippen molar-refractivity contribution in [3.63, 3.8) is 0 Å². The summed E-state index contributed by atoms with van der Waals surface area (Å²) in [6, 6.07) is 18.5. The second kappa shape index (κ2) is 10.4. The summed E-state index contributed by atoms with van der Waals surface area (Å²) in [5, 5.41) is 3.16. The van der Waals surface area contributed by atoms with E-state index >= 15 is 0 Å². The molecule has 1 heterocycles. The fraction of sp³-hybridized carbons (Fsp3) is 0.130. The van der Waals surface area contributed by atoms with Crippen LogP contribution in [0.4, 0.5) is 11.4 Å². The van der Waals surface area contributed by atoms with Crippen molar-refractivity contribution in [2.45, 2.75) is 15.0 Å². The highest BCUT2D eigenvalue weighted by molar-refractivity contribution is 7.99. The van der Waals surface area contributed by atoms with Gasteiger partial charge in [-0.15, -0.1) is 11.8 Å². The summed E-state index contributed by atoms with van der Waals surface area (Å²) in [7, 11) is -2.29. The molecule has 34 heavy (non-hydrogen) atoms. The number of amides is 1. The first-order chi connectivity index (χ1) is 16.4. The summed E-state index contributed by atoms with van der Waals surface area (Å²) in [6.45, 7) is 0. The summed E-state index contributed by atoms with van der Waals surface area (Å²) in [5.41, 5.74) is 1.97. The van der Waals surface area contributed by atoms with E-state index in [1.165, 1.54) is 19.2 Å². The number of benzene rings is 3. The van der Waals surface area contributed by atoms with Gasteiger partial charge in [0.25, 0.3) is 15.2 Å². The van der Waals surface area contributed by atoms with Crippen LogP contribution in [0.5, 0.6) is 5.75 Å². The third-order valence-electron chi connectivity index (χ3n) is 4.70. The molecular weight excluding hydrogens is 494 g/mol. The molecule has 0 saturated carbocycles. The van der Waals surface area contributed by atoms with E-state index in [1.807, 2.05) is 30.5 Å². The molecule has 0 aliphatic heterocycles. The van der Waals surface area contributed by atoms with Gasteiger partial charge in [-0.25, -0.2) is 13.4 Å². The quantitative estimate of drug-likeness (QED) is 0.297. The molecule has 4 aromatic rings. The molecule has 2 N–H and O–H groups in total. The Morgan fingerprint density at radius 3 is 2.59 bits per heavy atom. The molecule has 3 aromatic carbocycles. The third kappa shape index (κ3) is 5.66. The number of nitrogens with one attached hydrogen (secondary N) is 2. The predicted octanol–water partition coefficient (Wildman–Crippen LogP) is 5.09. The van der Waals surface area contributed by atoms with Crippen molar-refractivity contribution in [2.24, 2.45) is 0 Å². The Labute approximate surface area is 205 Å². The molecule has 0 atom stereocenters. The van der Waals surface area contributed by atoms with E-state index in [4.69, 9.17) is 9.15 Å². The van der Waals surface area contributed by atoms with Gasteiger partial charge in [-0.1, -0.05) is 23.9 Å². The van der Waals surface area contributed by atoms with Crippen LogP contribution in [0.3, 0.4) is 0 Å². The molecule has 0 radical (unpaired) electrons. The first-order valence-corrected chi connectivity index (χ1v) is 13.7. The Kier molecular flexibility index (Phi) is 7.35. The number of ether oxygens (including phenoxy) is 1. The molecule has 1 aromatic heterocycles. The molecule has 4 rings (SSSR count). The molecule has 0 spiro atoms. The second-order valence-electron chi connectivity index (χ2n) is 6.98. The number of hydrogen-bond acceptors (Lipinski definition) is 8. The van der Waals surface area contributed by atoms with E-state index in [1.54, 1.807) is 42.1 Å². The normalized spacial score (nSPS) is 11.4. The van der Waals surface area contributed by atoms with Crippen LogP contribution >= 0.6 is 23.5 Å².